The third-order valence-corrected chi connectivity index (χ3v) is 15.3. The number of pyridine rings is 2. The van der Waals surface area contributed by atoms with Gasteiger partial charge in [-0.05, 0) is 99.5 Å². The maximum atomic E-state index is 13.9. The molecule has 0 bridgehead atoms. The van der Waals surface area contributed by atoms with Gasteiger partial charge in [0.2, 0.25) is 35.4 Å². The van der Waals surface area contributed by atoms with E-state index in [0.717, 1.165) is 33.4 Å². The van der Waals surface area contributed by atoms with Crippen molar-refractivity contribution in [1.29, 1.82) is 0 Å². The van der Waals surface area contributed by atoms with Gasteiger partial charge in [-0.2, -0.15) is 0 Å². The Morgan fingerprint density at radius 1 is 0.575 bits per heavy atom. The van der Waals surface area contributed by atoms with E-state index in [1.807, 2.05) is 60.7 Å². The molecular weight excluding hydrogens is 1150 g/mol. The Hall–Kier alpha value is -8.85. The maximum absolute atomic E-state index is 13.9. The van der Waals surface area contributed by atoms with Gasteiger partial charge in [-0.1, -0.05) is 132 Å². The highest BCUT2D eigenvalue weighted by Crippen LogP contribution is 2.28. The molecule has 0 spiro atoms. The molecule has 456 valence electrons. The van der Waals surface area contributed by atoms with Crippen LogP contribution in [0.15, 0.2) is 134 Å². The van der Waals surface area contributed by atoms with Gasteiger partial charge in [0.25, 0.3) is 0 Å². The summed E-state index contributed by atoms with van der Waals surface area (Å²) in [5.74, 6) is -2.62. The van der Waals surface area contributed by atoms with Crippen molar-refractivity contribution in [2.75, 3.05) is 23.7 Å². The summed E-state index contributed by atoms with van der Waals surface area (Å²) in [6, 6.07) is 31.8. The number of ether oxygens (including phenoxy) is 1. The van der Waals surface area contributed by atoms with Gasteiger partial charge in [-0.3, -0.25) is 38.4 Å². The van der Waals surface area contributed by atoms with Crippen molar-refractivity contribution in [3.8, 4) is 0 Å². The molecule has 22 heteroatoms. The standard InChI is InChI=1S/C35H40ClN5O6.C30H32ClN5O4/c1-22-20-38-30(19-26(22)36)40-32(44)27(16-17-37-34(46)47-35(2,3)4)39-33(45)28-18-24-12-8-9-13-25(24)21-41(28)31(43)15-14-29(42)23-10-6-5-7-11-23;1-19-17-33-27(16-23(19)31)35-29(39)24(13-14-32)34-30(40)25-15-21-9-5-6-10-22(21)18-36(25)28(38)12-11-26(37)20-7-3-2-4-8-20/h5-13,19-20,27-28H,14-18,21H2,1-4H3,(H,37,46)(H,39,45)(H,38,40,44);2-10,16-17,24-25H,11-15,18,32H2,1H3,(H,34,40)(H,33,35,39)/t27-,28-;24-,25-/m00/s1. The molecule has 7 N–H and O–H groups in total. The molecule has 0 radical (unpaired) electrons. The lowest BCUT2D eigenvalue weighted by Crippen LogP contribution is -2.56. The van der Waals surface area contributed by atoms with Crippen LogP contribution in [-0.2, 0) is 59.4 Å². The highest BCUT2D eigenvalue weighted by molar-refractivity contribution is 6.32. The van der Waals surface area contributed by atoms with E-state index >= 15 is 0 Å². The van der Waals surface area contributed by atoms with Gasteiger partial charge in [-0.25, -0.2) is 14.8 Å². The second-order valence-electron chi connectivity index (χ2n) is 22.1. The van der Waals surface area contributed by atoms with Crippen LogP contribution in [0.5, 0.6) is 0 Å². The molecular formula is C65H72Cl2N10O10. The average molecular weight is 1220 g/mol. The number of ketones is 2. The van der Waals surface area contributed by atoms with Gasteiger partial charge in [0, 0.05) is 91.7 Å². The molecule has 4 heterocycles. The van der Waals surface area contributed by atoms with Crippen molar-refractivity contribution in [2.45, 2.75) is 129 Å². The smallest absolute Gasteiger partial charge is 0.407 e. The SMILES string of the molecule is Cc1cnc(NC(=O)[C@H](CCN)NC(=O)[C@@H]2Cc3ccccc3CN2C(=O)CCC(=O)c2ccccc2)cc1Cl.Cc1cnc(NC(=O)[C@H](CCNC(=O)OC(C)(C)C)NC(=O)[C@@H]2Cc3ccccc3CN2C(=O)CCC(=O)c2ccccc2)cc1Cl. The van der Waals surface area contributed by atoms with Crippen molar-refractivity contribution in [3.05, 3.63) is 188 Å². The summed E-state index contributed by atoms with van der Waals surface area (Å²) < 4.78 is 5.29. The summed E-state index contributed by atoms with van der Waals surface area (Å²) >= 11 is 12.4. The van der Waals surface area contributed by atoms with Crippen LogP contribution >= 0.6 is 23.2 Å². The number of carbonyl (C=O) groups is 9. The Bertz CT molecular complexity index is 3470. The highest BCUT2D eigenvalue weighted by Gasteiger charge is 2.38. The van der Waals surface area contributed by atoms with Crippen LogP contribution < -0.4 is 32.3 Å². The number of aromatic nitrogens is 2. The van der Waals surface area contributed by atoms with Gasteiger partial charge >= 0.3 is 6.09 Å². The van der Waals surface area contributed by atoms with Crippen molar-refractivity contribution >= 4 is 87.9 Å². The fourth-order valence-electron chi connectivity index (χ4n) is 9.74. The predicted octanol–water partition coefficient (Wildman–Crippen LogP) is 8.43. The predicted molar refractivity (Wildman–Crippen MR) is 331 cm³/mol. The summed E-state index contributed by atoms with van der Waals surface area (Å²) in [6.45, 7) is 9.33. The van der Waals surface area contributed by atoms with Crippen LogP contribution in [0.2, 0.25) is 10.0 Å². The number of carbonyl (C=O) groups excluding carboxylic acids is 9. The summed E-state index contributed by atoms with van der Waals surface area (Å²) in [7, 11) is 0. The van der Waals surface area contributed by atoms with Gasteiger partial charge in [0.15, 0.2) is 11.6 Å². The van der Waals surface area contributed by atoms with Crippen molar-refractivity contribution in [1.82, 2.24) is 35.7 Å². The maximum Gasteiger partial charge on any atom is 0.407 e. The lowest BCUT2D eigenvalue weighted by atomic mass is 9.92. The first-order valence-electron chi connectivity index (χ1n) is 28.6. The second kappa shape index (κ2) is 31.0. The number of nitrogens with zero attached hydrogens (tertiary/aromatic N) is 4. The minimum Gasteiger partial charge on any atom is -0.444 e. The number of hydrogen-bond donors (Lipinski definition) is 6. The number of halogens is 2. The number of amides is 7. The number of aryl methyl sites for hydroxylation is 2. The molecule has 0 aliphatic carbocycles. The lowest BCUT2D eigenvalue weighted by Gasteiger charge is -2.36. The number of benzene rings is 4. The number of anilines is 2. The molecule has 2 aliphatic rings. The molecule has 2 aliphatic heterocycles. The van der Waals surface area contributed by atoms with Crippen LogP contribution in [0.1, 0.15) is 113 Å². The zero-order valence-electron chi connectivity index (χ0n) is 49.2. The number of rotatable bonds is 21. The minimum absolute atomic E-state index is 0.00705. The molecule has 0 fully saturated rings. The number of hydrogen-bond acceptors (Lipinski definition) is 13. The van der Waals surface area contributed by atoms with Crippen molar-refractivity contribution < 1.29 is 47.9 Å². The van der Waals surface area contributed by atoms with E-state index in [-0.39, 0.29) is 113 Å². The Kier molecular flexibility index (Phi) is 23.4. The number of Topliss-reactive ketones (excluding diaryl/α,β-unsaturated/α-hetero) is 2. The normalized spacial score (nSPS) is 14.9. The minimum atomic E-state index is -1.12. The summed E-state index contributed by atoms with van der Waals surface area (Å²) in [4.78, 5) is 130. The molecule has 20 nitrogen and oxygen atoms in total. The largest absolute Gasteiger partial charge is 0.444 e. The molecule has 0 saturated carbocycles. The molecule has 0 unspecified atom stereocenters. The number of alkyl carbamates (subject to hydrolysis) is 1. The fraction of sp³-hybridized carbons (Fsp3) is 0.338. The van der Waals surface area contributed by atoms with E-state index in [9.17, 15) is 43.2 Å². The molecule has 87 heavy (non-hydrogen) atoms. The molecule has 8 rings (SSSR count). The second-order valence-corrected chi connectivity index (χ2v) is 22.9. The van der Waals surface area contributed by atoms with Crippen LogP contribution in [0.3, 0.4) is 0 Å². The molecule has 4 atom stereocenters. The third kappa shape index (κ3) is 19.1. The van der Waals surface area contributed by atoms with E-state index in [0.29, 0.717) is 21.2 Å². The van der Waals surface area contributed by atoms with E-state index < -0.39 is 59.5 Å². The molecule has 6 aromatic rings. The molecule has 2 aromatic heterocycles. The first-order valence-corrected chi connectivity index (χ1v) is 29.4. The molecule has 0 saturated heterocycles. The van der Waals surface area contributed by atoms with Gasteiger partial charge < -0.3 is 46.9 Å². The number of nitrogens with two attached hydrogens (primary N) is 1. The third-order valence-electron chi connectivity index (χ3n) is 14.5. The van der Waals surface area contributed by atoms with Gasteiger partial charge in [0.05, 0.1) is 0 Å². The summed E-state index contributed by atoms with van der Waals surface area (Å²) in [5.41, 5.74) is 11.3. The lowest BCUT2D eigenvalue weighted by molar-refractivity contribution is -0.142. The molecule has 4 aromatic carbocycles. The van der Waals surface area contributed by atoms with E-state index in [1.165, 1.54) is 28.1 Å². The Morgan fingerprint density at radius 2 is 0.966 bits per heavy atom. The van der Waals surface area contributed by atoms with Crippen molar-refractivity contribution in [3.63, 3.8) is 0 Å². The zero-order valence-corrected chi connectivity index (χ0v) is 50.7. The van der Waals surface area contributed by atoms with E-state index in [2.05, 4.69) is 36.6 Å². The average Bonchev–Trinajstić information content (AvgIpc) is 2.01. The van der Waals surface area contributed by atoms with E-state index in [1.54, 1.807) is 89.3 Å². The molecule has 7 amide bonds. The van der Waals surface area contributed by atoms with Crippen LogP contribution in [-0.4, -0.2) is 116 Å². The summed E-state index contributed by atoms with van der Waals surface area (Å²) in [5, 5.41) is 14.4. The van der Waals surface area contributed by atoms with Gasteiger partial charge in [0.1, 0.15) is 41.4 Å². The Balaban J connectivity index is 0.000000252. The summed E-state index contributed by atoms with van der Waals surface area (Å²) in [6.07, 6.45) is 2.99. The van der Waals surface area contributed by atoms with Crippen LogP contribution in [0, 0.1) is 13.8 Å². The fourth-order valence-corrected chi connectivity index (χ4v) is 10.0. The number of nitrogens with one attached hydrogen (secondary N) is 5. The topological polar surface area (TPSA) is 281 Å². The van der Waals surface area contributed by atoms with Crippen LogP contribution in [0.4, 0.5) is 16.4 Å². The van der Waals surface area contributed by atoms with Crippen LogP contribution in [0.25, 0.3) is 0 Å². The Morgan fingerprint density at radius 3 is 1.36 bits per heavy atom. The van der Waals surface area contributed by atoms with Gasteiger partial charge in [-0.15, -0.1) is 0 Å². The van der Waals surface area contributed by atoms with E-state index in [4.69, 9.17) is 33.7 Å². The van der Waals surface area contributed by atoms with Crippen molar-refractivity contribution in [2.24, 2.45) is 5.73 Å². The number of fused-ring (bicyclic) bond motifs is 2. The Labute approximate surface area is 515 Å². The highest BCUT2D eigenvalue weighted by atomic mass is 35.5. The quantitative estimate of drug-likeness (QED) is 0.0370. The monoisotopic (exact) mass is 1220 g/mol. The first-order chi connectivity index (χ1) is 41.6. The first kappa shape index (κ1) is 65.7. The zero-order chi connectivity index (χ0) is 62.8.